The van der Waals surface area contributed by atoms with E-state index >= 15 is 0 Å². The lowest BCUT2D eigenvalue weighted by Crippen LogP contribution is -1.92. The largest absolute Gasteiger partial charge is 0.135 e. The molecule has 0 fully saturated rings. The van der Waals surface area contributed by atoms with E-state index in [9.17, 15) is 0 Å². The predicted molar refractivity (Wildman–Crippen MR) is 298 cm³/mol. The number of benzene rings is 11. The van der Waals surface area contributed by atoms with Crippen LogP contribution in [0.1, 0.15) is 33.4 Å². The van der Waals surface area contributed by atoms with Crippen molar-refractivity contribution in [3.05, 3.63) is 300 Å². The molecule has 0 amide bonds. The van der Waals surface area contributed by atoms with E-state index in [-0.39, 0.29) is 0 Å². The van der Waals surface area contributed by atoms with Crippen LogP contribution in [0.15, 0.2) is 267 Å². The zero-order chi connectivity index (χ0) is 45.9. The molecule has 0 saturated heterocycles. The molecule has 324 valence electrons. The number of fused-ring (bicyclic) bond motifs is 3. The molecule has 1 heterocycles. The van der Waals surface area contributed by atoms with Crippen molar-refractivity contribution in [1.29, 1.82) is 0 Å². The molecule has 0 spiro atoms. The Bertz CT molecular complexity index is 3730. The van der Waals surface area contributed by atoms with Gasteiger partial charge in [0.1, 0.15) is 0 Å². The summed E-state index contributed by atoms with van der Waals surface area (Å²) in [6.07, 6.45) is 4.63. The van der Waals surface area contributed by atoms with Crippen molar-refractivity contribution in [3.63, 3.8) is 0 Å². The molecular formula is C68H46S. The summed E-state index contributed by atoms with van der Waals surface area (Å²) in [5.74, 6) is 0. The van der Waals surface area contributed by atoms with Gasteiger partial charge in [0, 0.05) is 9.75 Å². The average molecular weight is 895 g/mol. The Morgan fingerprint density at radius 3 is 1.17 bits per heavy atom. The number of hydrogen-bond acceptors (Lipinski definition) is 1. The molecule has 1 aromatic heterocycles. The lowest BCUT2D eigenvalue weighted by molar-refractivity contribution is 1.55. The zero-order valence-electron chi connectivity index (χ0n) is 38.0. The maximum Gasteiger partial charge on any atom is 0.0355 e. The third-order valence-electron chi connectivity index (χ3n) is 13.3. The van der Waals surface area contributed by atoms with Gasteiger partial charge in [-0.15, -0.1) is 11.3 Å². The van der Waals surface area contributed by atoms with Gasteiger partial charge in [0.15, 0.2) is 0 Å². The fraction of sp³-hybridized carbons (Fsp3) is 0. The van der Waals surface area contributed by atoms with Crippen LogP contribution in [0.2, 0.25) is 0 Å². The lowest BCUT2D eigenvalue weighted by Gasteiger charge is -2.19. The fourth-order valence-corrected chi connectivity index (χ4v) is 11.0. The third-order valence-corrected chi connectivity index (χ3v) is 14.5. The first-order valence-electron chi connectivity index (χ1n) is 23.6. The van der Waals surface area contributed by atoms with Crippen molar-refractivity contribution in [2.75, 3.05) is 0 Å². The van der Waals surface area contributed by atoms with E-state index in [1.165, 1.54) is 109 Å². The van der Waals surface area contributed by atoms with Crippen molar-refractivity contribution in [3.8, 4) is 43.1 Å². The van der Waals surface area contributed by atoms with Gasteiger partial charge in [-0.05, 0) is 141 Å². The Morgan fingerprint density at radius 2 is 0.667 bits per heavy atom. The Morgan fingerprint density at radius 1 is 0.275 bits per heavy atom. The summed E-state index contributed by atoms with van der Waals surface area (Å²) in [5, 5.41) is 7.47. The highest BCUT2D eigenvalue weighted by Gasteiger charge is 2.19. The topological polar surface area (TPSA) is 0 Å². The minimum absolute atomic E-state index is 1.16. The Hall–Kier alpha value is -8.62. The molecule has 0 nitrogen and oxygen atoms in total. The van der Waals surface area contributed by atoms with Gasteiger partial charge in [0.2, 0.25) is 0 Å². The third kappa shape index (κ3) is 8.31. The van der Waals surface area contributed by atoms with E-state index in [0.717, 1.165) is 11.1 Å². The van der Waals surface area contributed by atoms with E-state index < -0.39 is 0 Å². The standard InChI is InChI=1S/C68H46S/c1-5-18-50(19-6-1)62(51-20-7-2-8-21-51)44-47-32-36-54(37-33-47)67-59-29-15-16-30-60(59)68(55-38-34-48(35-39-55)45-63(52-22-9-3-10-23-52)53-24-11-4-12-25-53)64-46-56(40-41-61(64)67)65-42-43-66(69-65)58-31-17-27-49-26-13-14-28-57(49)58/h1-46H. The van der Waals surface area contributed by atoms with Crippen LogP contribution in [0.3, 0.4) is 0 Å². The summed E-state index contributed by atoms with van der Waals surface area (Å²) >= 11 is 1.86. The summed E-state index contributed by atoms with van der Waals surface area (Å²) in [6, 6.07) is 97.2. The molecule has 0 bridgehead atoms. The number of hydrogen-bond donors (Lipinski definition) is 0. The molecule has 0 aliphatic carbocycles. The molecule has 0 atom stereocenters. The molecular weight excluding hydrogens is 849 g/mol. The summed E-state index contributed by atoms with van der Waals surface area (Å²) in [5.41, 5.74) is 16.9. The summed E-state index contributed by atoms with van der Waals surface area (Å²) in [6.45, 7) is 0. The Labute approximate surface area is 408 Å². The van der Waals surface area contributed by atoms with Crippen molar-refractivity contribution >= 4 is 67.0 Å². The monoisotopic (exact) mass is 894 g/mol. The quantitative estimate of drug-likeness (QED) is 0.0948. The van der Waals surface area contributed by atoms with Crippen LogP contribution in [0.25, 0.3) is 98.8 Å². The normalized spacial score (nSPS) is 11.2. The second-order valence-electron chi connectivity index (χ2n) is 17.6. The second-order valence-corrected chi connectivity index (χ2v) is 18.7. The minimum atomic E-state index is 1.16. The Kier molecular flexibility index (Phi) is 11.2. The highest BCUT2D eigenvalue weighted by atomic mass is 32.1. The minimum Gasteiger partial charge on any atom is -0.135 e. The summed E-state index contributed by atoms with van der Waals surface area (Å²) < 4.78 is 0. The molecule has 69 heavy (non-hydrogen) atoms. The smallest absolute Gasteiger partial charge is 0.0355 e. The lowest BCUT2D eigenvalue weighted by atomic mass is 9.85. The van der Waals surface area contributed by atoms with E-state index in [4.69, 9.17) is 0 Å². The second kappa shape index (κ2) is 18.6. The number of thiophene rings is 1. The highest BCUT2D eigenvalue weighted by molar-refractivity contribution is 7.19. The van der Waals surface area contributed by atoms with E-state index in [1.54, 1.807) is 0 Å². The van der Waals surface area contributed by atoms with Gasteiger partial charge in [-0.1, -0.05) is 249 Å². The maximum atomic E-state index is 2.44. The Balaban J connectivity index is 1.02. The van der Waals surface area contributed by atoms with Crippen molar-refractivity contribution < 1.29 is 0 Å². The van der Waals surface area contributed by atoms with Crippen LogP contribution in [0, 0.1) is 0 Å². The molecule has 0 radical (unpaired) electrons. The van der Waals surface area contributed by atoms with Crippen LogP contribution >= 0.6 is 11.3 Å². The van der Waals surface area contributed by atoms with Gasteiger partial charge in [0.05, 0.1) is 0 Å². The van der Waals surface area contributed by atoms with Crippen molar-refractivity contribution in [2.45, 2.75) is 0 Å². The summed E-state index contributed by atoms with van der Waals surface area (Å²) in [7, 11) is 0. The number of rotatable bonds is 10. The molecule has 0 saturated carbocycles. The average Bonchev–Trinajstić information content (AvgIpc) is 3.93. The van der Waals surface area contributed by atoms with Crippen LogP contribution in [-0.2, 0) is 0 Å². The van der Waals surface area contributed by atoms with Crippen LogP contribution in [-0.4, -0.2) is 0 Å². The first-order chi connectivity index (χ1) is 34.2. The van der Waals surface area contributed by atoms with Gasteiger partial charge < -0.3 is 0 Å². The van der Waals surface area contributed by atoms with Gasteiger partial charge >= 0.3 is 0 Å². The van der Waals surface area contributed by atoms with E-state index in [2.05, 4.69) is 279 Å². The predicted octanol–water partition coefficient (Wildman–Crippen LogP) is 19.1. The molecule has 0 N–H and O–H groups in total. The SMILES string of the molecule is C(=C(c1ccccc1)c1ccccc1)c1ccc(-c2c3ccccc3c(-c3ccc(C=C(c4ccccc4)c4ccccc4)cc3)c3cc(-c4ccc(-c5cccc6ccccc56)s4)ccc23)cc1. The van der Waals surface area contributed by atoms with Crippen molar-refractivity contribution in [2.24, 2.45) is 0 Å². The van der Waals surface area contributed by atoms with Crippen molar-refractivity contribution in [1.82, 2.24) is 0 Å². The molecule has 0 aliphatic heterocycles. The molecule has 0 unspecified atom stereocenters. The first kappa shape index (κ1) is 41.8. The molecule has 11 aromatic carbocycles. The van der Waals surface area contributed by atoms with Gasteiger partial charge in [-0.25, -0.2) is 0 Å². The molecule has 12 aromatic rings. The first-order valence-corrected chi connectivity index (χ1v) is 24.5. The molecule has 12 rings (SSSR count). The van der Waals surface area contributed by atoms with Gasteiger partial charge in [-0.2, -0.15) is 0 Å². The van der Waals surface area contributed by atoms with Gasteiger partial charge in [-0.3, -0.25) is 0 Å². The van der Waals surface area contributed by atoms with Crippen LogP contribution < -0.4 is 0 Å². The van der Waals surface area contributed by atoms with Crippen LogP contribution in [0.5, 0.6) is 0 Å². The fourth-order valence-electron chi connectivity index (χ4n) is 9.99. The molecule has 0 aliphatic rings. The van der Waals surface area contributed by atoms with E-state index in [0.29, 0.717) is 0 Å². The van der Waals surface area contributed by atoms with Gasteiger partial charge in [0.25, 0.3) is 0 Å². The zero-order valence-corrected chi connectivity index (χ0v) is 38.8. The maximum absolute atomic E-state index is 2.44. The van der Waals surface area contributed by atoms with Crippen LogP contribution in [0.4, 0.5) is 0 Å². The highest BCUT2D eigenvalue weighted by Crippen LogP contribution is 2.46. The molecule has 1 heteroatoms. The summed E-state index contributed by atoms with van der Waals surface area (Å²) in [4.78, 5) is 2.52. The van der Waals surface area contributed by atoms with E-state index in [1.807, 2.05) is 11.3 Å².